The molecule has 0 bridgehead atoms. The maximum Gasteiger partial charge on any atom is 0.243 e. The van der Waals surface area contributed by atoms with Crippen LogP contribution in [0.2, 0.25) is 0 Å². The lowest BCUT2D eigenvalue weighted by molar-refractivity contribution is 0.0369. The van der Waals surface area contributed by atoms with Gasteiger partial charge in [-0.1, -0.05) is 42.5 Å². The Morgan fingerprint density at radius 2 is 1.61 bits per heavy atom. The van der Waals surface area contributed by atoms with Crippen molar-refractivity contribution in [2.24, 2.45) is 10.9 Å². The summed E-state index contributed by atoms with van der Waals surface area (Å²) in [6.45, 7) is 9.03. The van der Waals surface area contributed by atoms with Crippen LogP contribution in [0.1, 0.15) is 31.7 Å². The second-order valence-electron chi connectivity index (χ2n) is 12.0. The number of ether oxygens (including phenoxy) is 2. The molecule has 4 aromatic rings. The Labute approximate surface area is 277 Å². The lowest BCUT2D eigenvalue weighted by atomic mass is 9.91. The van der Waals surface area contributed by atoms with Gasteiger partial charge in [-0.05, 0) is 86.1 Å². The molecule has 6 rings (SSSR count). The van der Waals surface area contributed by atoms with Gasteiger partial charge in [0.05, 0.1) is 36.1 Å². The third kappa shape index (κ3) is 8.16. The molecule has 0 spiro atoms. The quantitative estimate of drug-likeness (QED) is 0.181. The van der Waals surface area contributed by atoms with Crippen molar-refractivity contribution in [2.75, 3.05) is 52.5 Å². The molecule has 0 N–H and O–H groups in total. The van der Waals surface area contributed by atoms with Crippen molar-refractivity contribution >= 4 is 27.0 Å². The molecule has 10 heteroatoms. The van der Waals surface area contributed by atoms with E-state index in [0.717, 1.165) is 92.6 Å². The van der Waals surface area contributed by atoms with E-state index in [1.165, 1.54) is 5.56 Å². The van der Waals surface area contributed by atoms with Crippen molar-refractivity contribution in [1.82, 2.24) is 13.8 Å². The van der Waals surface area contributed by atoms with E-state index in [0.29, 0.717) is 30.5 Å². The van der Waals surface area contributed by atoms with E-state index in [2.05, 4.69) is 39.1 Å². The number of nitrogens with zero attached hydrogens (tertiary/aromatic N) is 4. The average molecular weight is 661 g/mol. The van der Waals surface area contributed by atoms with Crippen LogP contribution in [-0.4, -0.2) is 74.7 Å². The summed E-state index contributed by atoms with van der Waals surface area (Å²) in [6, 6.07) is 25.7. The summed E-state index contributed by atoms with van der Waals surface area (Å²) in [6.07, 6.45) is 3.74. The average Bonchev–Trinajstić information content (AvgIpc) is 3.49. The second kappa shape index (κ2) is 15.5. The summed E-state index contributed by atoms with van der Waals surface area (Å²) < 4.78 is 42.3. The van der Waals surface area contributed by atoms with Crippen molar-refractivity contribution in [3.8, 4) is 17.0 Å². The molecule has 244 valence electrons. The molecule has 3 heterocycles. The molecule has 0 aliphatic carbocycles. The van der Waals surface area contributed by atoms with E-state index >= 15 is 0 Å². The van der Waals surface area contributed by atoms with Gasteiger partial charge in [0.25, 0.3) is 0 Å². The Hall–Kier alpha value is -3.28. The predicted octanol–water partition coefficient (Wildman–Crippen LogP) is 6.21. The van der Waals surface area contributed by atoms with Gasteiger partial charge in [-0.2, -0.15) is 4.31 Å². The van der Waals surface area contributed by atoms with Gasteiger partial charge in [-0.15, -0.1) is 11.3 Å². The van der Waals surface area contributed by atoms with Gasteiger partial charge in [-0.25, -0.2) is 13.4 Å². The molecule has 46 heavy (non-hydrogen) atoms. The van der Waals surface area contributed by atoms with Crippen LogP contribution < -0.4 is 9.54 Å². The van der Waals surface area contributed by atoms with Gasteiger partial charge in [-0.3, -0.25) is 4.90 Å². The summed E-state index contributed by atoms with van der Waals surface area (Å²) in [5.41, 5.74) is 4.22. The highest BCUT2D eigenvalue weighted by molar-refractivity contribution is 7.89. The summed E-state index contributed by atoms with van der Waals surface area (Å²) in [7, 11) is -3.55. The second-order valence-corrected chi connectivity index (χ2v) is 14.7. The number of hydrogen-bond donors (Lipinski definition) is 0. The van der Waals surface area contributed by atoms with E-state index in [1.807, 2.05) is 49.4 Å². The molecular weight excluding hydrogens is 617 g/mol. The normalized spacial score (nSPS) is 17.4. The van der Waals surface area contributed by atoms with Crippen molar-refractivity contribution in [2.45, 2.75) is 44.0 Å². The Morgan fingerprint density at radius 1 is 0.891 bits per heavy atom. The van der Waals surface area contributed by atoms with E-state index in [9.17, 15) is 8.42 Å². The molecule has 0 saturated carbocycles. The summed E-state index contributed by atoms with van der Waals surface area (Å²) in [5, 5.41) is 2.13. The Kier molecular flexibility index (Phi) is 11.0. The van der Waals surface area contributed by atoms with Crippen LogP contribution in [-0.2, 0) is 27.7 Å². The molecule has 2 aliphatic rings. The number of piperidine rings is 1. The van der Waals surface area contributed by atoms with Gasteiger partial charge in [0, 0.05) is 44.6 Å². The number of thiazole rings is 1. The molecule has 2 aliphatic heterocycles. The summed E-state index contributed by atoms with van der Waals surface area (Å²) in [4.78, 5) is 8.71. The third-order valence-electron chi connectivity index (χ3n) is 8.86. The van der Waals surface area contributed by atoms with Crippen LogP contribution >= 0.6 is 11.3 Å². The van der Waals surface area contributed by atoms with Crippen molar-refractivity contribution in [3.05, 3.63) is 94.6 Å². The fraction of sp³-hybridized carbons (Fsp3) is 0.417. The molecule has 2 saturated heterocycles. The Bertz CT molecular complexity index is 1700. The number of benzene rings is 3. The molecular formula is C36H44N4O4S2. The van der Waals surface area contributed by atoms with E-state index < -0.39 is 10.0 Å². The van der Waals surface area contributed by atoms with Crippen molar-refractivity contribution in [3.63, 3.8) is 0 Å². The van der Waals surface area contributed by atoms with Crippen LogP contribution in [0.5, 0.6) is 5.75 Å². The van der Waals surface area contributed by atoms with Crippen LogP contribution in [0.15, 0.2) is 94.1 Å². The molecule has 0 unspecified atom stereocenters. The first-order chi connectivity index (χ1) is 22.5. The fourth-order valence-electron chi connectivity index (χ4n) is 6.28. The highest BCUT2D eigenvalue weighted by Crippen LogP contribution is 2.28. The van der Waals surface area contributed by atoms with E-state index in [4.69, 9.17) is 14.5 Å². The highest BCUT2D eigenvalue weighted by Gasteiger charge is 2.29. The first-order valence-electron chi connectivity index (χ1n) is 16.4. The molecule has 2 fully saturated rings. The first kappa shape index (κ1) is 32.7. The molecule has 0 amide bonds. The SMILES string of the molecule is CCOc1ccc(N=c2scc(-c3ccc(S(=O)(=O)N4CCC(Cc5ccccc5)CC4)cc3)n2CCCN2CCOCC2)cc1. The van der Waals surface area contributed by atoms with E-state index in [1.54, 1.807) is 27.8 Å². The lowest BCUT2D eigenvalue weighted by Gasteiger charge is -2.31. The molecule has 0 atom stereocenters. The van der Waals surface area contributed by atoms with E-state index in [-0.39, 0.29) is 0 Å². The van der Waals surface area contributed by atoms with Gasteiger partial charge in [0.2, 0.25) is 10.0 Å². The topological polar surface area (TPSA) is 76.4 Å². The summed E-state index contributed by atoms with van der Waals surface area (Å²) in [5.74, 6) is 1.34. The van der Waals surface area contributed by atoms with Gasteiger partial charge >= 0.3 is 0 Å². The molecule has 0 radical (unpaired) electrons. The lowest BCUT2D eigenvalue weighted by Crippen LogP contribution is -2.38. The monoisotopic (exact) mass is 660 g/mol. The maximum atomic E-state index is 13.6. The van der Waals surface area contributed by atoms with Crippen molar-refractivity contribution in [1.29, 1.82) is 0 Å². The number of aromatic nitrogens is 1. The standard InChI is InChI=1S/C36H44N4O4S2/c1-2-44-33-13-11-32(12-14-33)37-36-40(20-6-19-38-23-25-43-26-24-38)35(28-45-36)31-9-15-34(16-10-31)46(41,42)39-21-17-30(18-22-39)27-29-7-4-3-5-8-29/h3-5,7-16,28,30H,2,6,17-27H2,1H3. The zero-order valence-corrected chi connectivity index (χ0v) is 28.2. The molecule has 8 nitrogen and oxygen atoms in total. The number of morpholine rings is 1. The van der Waals surface area contributed by atoms with Crippen LogP contribution in [0.25, 0.3) is 11.3 Å². The third-order valence-corrected chi connectivity index (χ3v) is 11.6. The largest absolute Gasteiger partial charge is 0.494 e. The minimum Gasteiger partial charge on any atom is -0.494 e. The fourth-order valence-corrected chi connectivity index (χ4v) is 8.71. The molecule has 3 aromatic carbocycles. The summed E-state index contributed by atoms with van der Waals surface area (Å²) >= 11 is 1.60. The number of rotatable bonds is 12. The zero-order valence-electron chi connectivity index (χ0n) is 26.6. The van der Waals surface area contributed by atoms with Gasteiger partial charge < -0.3 is 14.0 Å². The van der Waals surface area contributed by atoms with Crippen LogP contribution in [0.3, 0.4) is 0 Å². The number of sulfonamides is 1. The van der Waals surface area contributed by atoms with Gasteiger partial charge in [0.1, 0.15) is 5.75 Å². The minimum atomic E-state index is -3.55. The smallest absolute Gasteiger partial charge is 0.243 e. The van der Waals surface area contributed by atoms with Gasteiger partial charge in [0.15, 0.2) is 4.80 Å². The zero-order chi connectivity index (χ0) is 31.8. The van der Waals surface area contributed by atoms with Crippen molar-refractivity contribution < 1.29 is 17.9 Å². The van der Waals surface area contributed by atoms with Crippen LogP contribution in [0, 0.1) is 5.92 Å². The maximum absolute atomic E-state index is 13.6. The predicted molar refractivity (Wildman–Crippen MR) is 184 cm³/mol. The minimum absolute atomic E-state index is 0.353. The Morgan fingerprint density at radius 3 is 2.30 bits per heavy atom. The first-order valence-corrected chi connectivity index (χ1v) is 18.7. The highest BCUT2D eigenvalue weighted by atomic mass is 32.2. The Balaban J connectivity index is 1.18. The van der Waals surface area contributed by atoms with Crippen LogP contribution in [0.4, 0.5) is 5.69 Å². The molecule has 1 aromatic heterocycles. The number of hydrogen-bond acceptors (Lipinski definition) is 7.